The van der Waals surface area contributed by atoms with Crippen molar-refractivity contribution in [3.05, 3.63) is 47.5 Å². The van der Waals surface area contributed by atoms with E-state index in [1.807, 2.05) is 6.92 Å². The summed E-state index contributed by atoms with van der Waals surface area (Å²) in [5.74, 6) is 1.58. The Kier molecular flexibility index (Phi) is 6.39. The molecular weight excluding hydrogens is 320 g/mol. The zero-order valence-corrected chi connectivity index (χ0v) is 14.5. The predicted molar refractivity (Wildman–Crippen MR) is 98.8 cm³/mol. The number of benzene rings is 2. The van der Waals surface area contributed by atoms with Crippen LogP contribution in [-0.2, 0) is 0 Å². The van der Waals surface area contributed by atoms with Crippen LogP contribution in [0.3, 0.4) is 0 Å². The van der Waals surface area contributed by atoms with Crippen molar-refractivity contribution < 1.29 is 19.7 Å². The van der Waals surface area contributed by atoms with Gasteiger partial charge in [-0.3, -0.25) is 9.98 Å². The Labute approximate surface area is 147 Å². The predicted octanol–water partition coefficient (Wildman–Crippen LogP) is 3.04. The lowest BCUT2D eigenvalue weighted by Crippen LogP contribution is -2.04. The monoisotopic (exact) mass is 342 g/mol. The fourth-order valence-corrected chi connectivity index (χ4v) is 2.08. The van der Waals surface area contributed by atoms with Crippen molar-refractivity contribution in [1.29, 1.82) is 0 Å². The molecule has 0 fully saturated rings. The Hall–Kier alpha value is -3.02. The Morgan fingerprint density at radius 1 is 0.920 bits per heavy atom. The van der Waals surface area contributed by atoms with Crippen LogP contribution in [0.1, 0.15) is 18.1 Å². The molecule has 0 bridgehead atoms. The van der Waals surface area contributed by atoms with Gasteiger partial charge in [-0.2, -0.15) is 0 Å². The molecule has 0 heterocycles. The second-order valence-corrected chi connectivity index (χ2v) is 5.47. The molecule has 6 nitrogen and oxygen atoms in total. The molecule has 0 saturated carbocycles. The lowest BCUT2D eigenvalue weighted by atomic mass is 10.2. The highest BCUT2D eigenvalue weighted by molar-refractivity contribution is 5.85. The summed E-state index contributed by atoms with van der Waals surface area (Å²) in [4.78, 5) is 8.68. The van der Waals surface area contributed by atoms with Crippen molar-refractivity contribution >= 4 is 12.4 Å². The highest BCUT2D eigenvalue weighted by Gasteiger charge is 2.03. The van der Waals surface area contributed by atoms with Gasteiger partial charge in [0.15, 0.2) is 0 Å². The maximum atomic E-state index is 9.83. The molecule has 0 aromatic heterocycles. The zero-order chi connectivity index (χ0) is 18.2. The molecule has 25 heavy (non-hydrogen) atoms. The summed E-state index contributed by atoms with van der Waals surface area (Å²) < 4.78 is 10.3. The second kappa shape index (κ2) is 8.73. The molecule has 0 saturated heterocycles. The van der Waals surface area contributed by atoms with Crippen molar-refractivity contribution in [2.75, 3.05) is 20.8 Å². The Balaban J connectivity index is 2.00. The lowest BCUT2D eigenvalue weighted by Gasteiger charge is -2.05. The summed E-state index contributed by atoms with van der Waals surface area (Å²) >= 11 is 0. The van der Waals surface area contributed by atoms with Gasteiger partial charge in [0.25, 0.3) is 0 Å². The number of phenolic OH excluding ortho intramolecular Hbond substituents is 2. The van der Waals surface area contributed by atoms with Crippen LogP contribution in [0.25, 0.3) is 0 Å². The SMILES string of the molecule is COc1ccc(O)c(C=NC[C@H](C)N=Cc2cc(OC)ccc2O)c1. The number of ether oxygens (including phenoxy) is 2. The first kappa shape index (κ1) is 18.3. The first-order valence-electron chi connectivity index (χ1n) is 7.80. The third-order valence-electron chi connectivity index (χ3n) is 3.54. The lowest BCUT2D eigenvalue weighted by molar-refractivity contribution is 0.412. The summed E-state index contributed by atoms with van der Waals surface area (Å²) in [5, 5.41) is 19.6. The van der Waals surface area contributed by atoms with Crippen LogP contribution in [0.4, 0.5) is 0 Å². The number of aliphatic imine (C=N–C) groups is 2. The molecule has 0 aliphatic heterocycles. The first-order valence-corrected chi connectivity index (χ1v) is 7.80. The summed E-state index contributed by atoms with van der Waals surface area (Å²) in [6.45, 7) is 2.36. The largest absolute Gasteiger partial charge is 0.507 e. The van der Waals surface area contributed by atoms with E-state index in [-0.39, 0.29) is 17.5 Å². The van der Waals surface area contributed by atoms with E-state index in [2.05, 4.69) is 9.98 Å². The molecule has 0 aliphatic carbocycles. The highest BCUT2D eigenvalue weighted by Crippen LogP contribution is 2.22. The van der Waals surface area contributed by atoms with Gasteiger partial charge < -0.3 is 19.7 Å². The maximum Gasteiger partial charge on any atom is 0.124 e. The molecule has 0 spiro atoms. The standard InChI is InChI=1S/C19H22N2O4/c1-13(21-12-15-9-17(25-3)5-7-19(15)23)10-20-11-14-8-16(24-2)4-6-18(14)22/h4-9,11-13,22-23H,10H2,1-3H3/t13-/m0/s1. The molecule has 2 N–H and O–H groups in total. The van der Waals surface area contributed by atoms with E-state index in [0.29, 0.717) is 29.2 Å². The van der Waals surface area contributed by atoms with E-state index in [1.54, 1.807) is 63.0 Å². The van der Waals surface area contributed by atoms with Gasteiger partial charge in [0, 0.05) is 23.6 Å². The van der Waals surface area contributed by atoms with Gasteiger partial charge in [-0.15, -0.1) is 0 Å². The molecule has 1 atom stereocenters. The molecule has 2 aromatic carbocycles. The number of methoxy groups -OCH3 is 2. The number of hydrogen-bond acceptors (Lipinski definition) is 6. The molecule has 0 radical (unpaired) electrons. The molecule has 2 aromatic rings. The third-order valence-corrected chi connectivity index (χ3v) is 3.54. The summed E-state index contributed by atoms with van der Waals surface area (Å²) in [6, 6.07) is 9.82. The molecule has 2 rings (SSSR count). The number of phenols is 2. The number of rotatable bonds is 7. The van der Waals surface area contributed by atoms with Crippen LogP contribution < -0.4 is 9.47 Å². The minimum absolute atomic E-state index is 0.0883. The van der Waals surface area contributed by atoms with Crippen molar-refractivity contribution in [2.24, 2.45) is 9.98 Å². The van der Waals surface area contributed by atoms with Crippen molar-refractivity contribution in [2.45, 2.75) is 13.0 Å². The van der Waals surface area contributed by atoms with Crippen LogP contribution in [0.2, 0.25) is 0 Å². The van der Waals surface area contributed by atoms with Crippen LogP contribution >= 0.6 is 0 Å². The van der Waals surface area contributed by atoms with Gasteiger partial charge in [-0.25, -0.2) is 0 Å². The topological polar surface area (TPSA) is 83.6 Å². The molecule has 6 heteroatoms. The van der Waals surface area contributed by atoms with Crippen LogP contribution in [0.15, 0.2) is 46.4 Å². The average Bonchev–Trinajstić information content (AvgIpc) is 2.62. The Morgan fingerprint density at radius 2 is 1.44 bits per heavy atom. The molecule has 132 valence electrons. The Morgan fingerprint density at radius 3 is 1.96 bits per heavy atom. The Bertz CT molecular complexity index is 772. The van der Waals surface area contributed by atoms with Crippen LogP contribution in [0.5, 0.6) is 23.0 Å². The third kappa shape index (κ3) is 5.24. The highest BCUT2D eigenvalue weighted by atomic mass is 16.5. The minimum atomic E-state index is -0.0883. The van der Waals surface area contributed by atoms with E-state index in [4.69, 9.17) is 9.47 Å². The van der Waals surface area contributed by atoms with E-state index in [1.165, 1.54) is 0 Å². The molecule has 0 aliphatic rings. The van der Waals surface area contributed by atoms with Crippen molar-refractivity contribution in [3.8, 4) is 23.0 Å². The quantitative estimate of drug-likeness (QED) is 0.758. The summed E-state index contributed by atoms with van der Waals surface area (Å²) in [7, 11) is 3.14. The van der Waals surface area contributed by atoms with Gasteiger partial charge in [-0.1, -0.05) is 0 Å². The second-order valence-electron chi connectivity index (χ2n) is 5.47. The fraction of sp³-hybridized carbons (Fsp3) is 0.263. The normalized spacial score (nSPS) is 12.6. The fourth-order valence-electron chi connectivity index (χ4n) is 2.08. The van der Waals surface area contributed by atoms with E-state index < -0.39 is 0 Å². The van der Waals surface area contributed by atoms with Gasteiger partial charge in [0.2, 0.25) is 0 Å². The van der Waals surface area contributed by atoms with Crippen LogP contribution in [-0.4, -0.2) is 49.4 Å². The average molecular weight is 342 g/mol. The van der Waals surface area contributed by atoms with Crippen molar-refractivity contribution in [3.63, 3.8) is 0 Å². The summed E-state index contributed by atoms with van der Waals surface area (Å²) in [6.07, 6.45) is 3.19. The van der Waals surface area contributed by atoms with Gasteiger partial charge in [0.1, 0.15) is 23.0 Å². The molecule has 0 unspecified atom stereocenters. The first-order chi connectivity index (χ1) is 12.0. The van der Waals surface area contributed by atoms with Gasteiger partial charge in [-0.05, 0) is 43.3 Å². The van der Waals surface area contributed by atoms with Gasteiger partial charge in [0.05, 0.1) is 26.8 Å². The number of nitrogens with zero attached hydrogens (tertiary/aromatic N) is 2. The molecule has 0 amide bonds. The van der Waals surface area contributed by atoms with E-state index in [9.17, 15) is 10.2 Å². The van der Waals surface area contributed by atoms with Crippen LogP contribution in [0, 0.1) is 0 Å². The van der Waals surface area contributed by atoms with E-state index >= 15 is 0 Å². The summed E-state index contributed by atoms with van der Waals surface area (Å²) in [5.41, 5.74) is 1.17. The van der Waals surface area contributed by atoms with E-state index in [0.717, 1.165) is 0 Å². The van der Waals surface area contributed by atoms with Crippen molar-refractivity contribution in [1.82, 2.24) is 0 Å². The minimum Gasteiger partial charge on any atom is -0.507 e. The molecular formula is C19H22N2O4. The number of hydrogen-bond donors (Lipinski definition) is 2. The number of aromatic hydroxyl groups is 2. The van der Waals surface area contributed by atoms with Gasteiger partial charge >= 0.3 is 0 Å². The zero-order valence-electron chi connectivity index (χ0n) is 14.5. The smallest absolute Gasteiger partial charge is 0.124 e. The maximum absolute atomic E-state index is 9.83.